The molecule has 0 atom stereocenters. The normalized spacial score (nSPS) is 11.7. The Labute approximate surface area is 339 Å². The van der Waals surface area contributed by atoms with Gasteiger partial charge >= 0.3 is 0 Å². The van der Waals surface area contributed by atoms with Crippen LogP contribution in [0.2, 0.25) is 0 Å². The minimum Gasteiger partial charge on any atom is -0.456 e. The highest BCUT2D eigenvalue weighted by molar-refractivity contribution is 6.25. The molecule has 4 nitrogen and oxygen atoms in total. The fourth-order valence-electron chi connectivity index (χ4n) is 8.88. The molecule has 0 N–H and O–H groups in total. The van der Waals surface area contributed by atoms with E-state index in [1.807, 2.05) is 42.6 Å². The largest absolute Gasteiger partial charge is 0.456 e. The molecule has 4 heteroatoms. The van der Waals surface area contributed by atoms with Crippen LogP contribution in [0.25, 0.3) is 121 Å². The van der Waals surface area contributed by atoms with Crippen LogP contribution >= 0.6 is 0 Å². The predicted molar refractivity (Wildman–Crippen MR) is 244 cm³/mol. The van der Waals surface area contributed by atoms with Gasteiger partial charge in [0, 0.05) is 39.0 Å². The molecule has 0 spiro atoms. The van der Waals surface area contributed by atoms with Gasteiger partial charge in [-0.25, -0.2) is 9.97 Å². The first-order valence-electron chi connectivity index (χ1n) is 19.9. The van der Waals surface area contributed by atoms with Crippen LogP contribution in [0.1, 0.15) is 0 Å². The van der Waals surface area contributed by atoms with Gasteiger partial charge in [0.1, 0.15) is 11.2 Å². The van der Waals surface area contributed by atoms with E-state index in [2.05, 4.69) is 158 Å². The minimum atomic E-state index is 0.667. The van der Waals surface area contributed by atoms with Crippen molar-refractivity contribution in [2.24, 2.45) is 0 Å². The molecule has 0 bridgehead atoms. The van der Waals surface area contributed by atoms with Crippen molar-refractivity contribution in [1.82, 2.24) is 15.0 Å². The van der Waals surface area contributed by atoms with Crippen LogP contribution in [-0.2, 0) is 0 Å². The number of para-hydroxylation sites is 1. The second kappa shape index (κ2) is 13.3. The lowest BCUT2D eigenvalue weighted by atomic mass is 9.90. The monoisotopic (exact) mass is 751 g/mol. The Morgan fingerprint density at radius 1 is 0.305 bits per heavy atom. The van der Waals surface area contributed by atoms with Crippen LogP contribution < -0.4 is 0 Å². The van der Waals surface area contributed by atoms with E-state index in [9.17, 15) is 0 Å². The molecule has 0 saturated carbocycles. The number of hydrogen-bond acceptors (Lipinski definition) is 4. The van der Waals surface area contributed by atoms with Crippen molar-refractivity contribution in [3.63, 3.8) is 0 Å². The van der Waals surface area contributed by atoms with Crippen molar-refractivity contribution in [2.45, 2.75) is 0 Å². The van der Waals surface area contributed by atoms with Crippen molar-refractivity contribution < 1.29 is 4.42 Å². The zero-order valence-corrected chi connectivity index (χ0v) is 31.8. The lowest BCUT2D eigenvalue weighted by Crippen LogP contribution is -1.97. The third-order valence-corrected chi connectivity index (χ3v) is 11.7. The molecular formula is C55H33N3O. The summed E-state index contributed by atoms with van der Waals surface area (Å²) in [5.41, 5.74) is 11.7. The van der Waals surface area contributed by atoms with Gasteiger partial charge in [0.2, 0.25) is 0 Å². The smallest absolute Gasteiger partial charge is 0.160 e. The third-order valence-electron chi connectivity index (χ3n) is 11.7. The van der Waals surface area contributed by atoms with E-state index in [-0.39, 0.29) is 0 Å². The number of rotatable bonds is 5. The van der Waals surface area contributed by atoms with E-state index in [1.165, 1.54) is 32.3 Å². The lowest BCUT2D eigenvalue weighted by molar-refractivity contribution is 0.669. The molecule has 0 aliphatic carbocycles. The van der Waals surface area contributed by atoms with Crippen molar-refractivity contribution in [2.75, 3.05) is 0 Å². The molecule has 0 unspecified atom stereocenters. The van der Waals surface area contributed by atoms with Crippen molar-refractivity contribution >= 4 is 65.2 Å². The molecule has 3 heterocycles. The third kappa shape index (κ3) is 5.57. The Balaban J connectivity index is 1.11. The average molecular weight is 752 g/mol. The van der Waals surface area contributed by atoms with Gasteiger partial charge in [-0.2, -0.15) is 0 Å². The summed E-state index contributed by atoms with van der Waals surface area (Å²) in [7, 11) is 0. The van der Waals surface area contributed by atoms with Crippen molar-refractivity contribution in [3.05, 3.63) is 200 Å². The van der Waals surface area contributed by atoms with E-state index in [4.69, 9.17) is 19.4 Å². The van der Waals surface area contributed by atoms with Crippen LogP contribution in [0.15, 0.2) is 205 Å². The quantitative estimate of drug-likeness (QED) is 0.164. The molecule has 274 valence electrons. The van der Waals surface area contributed by atoms with Gasteiger partial charge in [-0.1, -0.05) is 127 Å². The second-order valence-corrected chi connectivity index (χ2v) is 15.2. The number of aromatic nitrogens is 3. The number of benzene rings is 9. The second-order valence-electron chi connectivity index (χ2n) is 15.2. The molecule has 0 radical (unpaired) electrons. The number of hydrogen-bond donors (Lipinski definition) is 0. The maximum Gasteiger partial charge on any atom is 0.160 e. The molecule has 12 aromatic rings. The van der Waals surface area contributed by atoms with Gasteiger partial charge in [-0.05, 0) is 121 Å². The van der Waals surface area contributed by atoms with Crippen LogP contribution in [0, 0.1) is 0 Å². The summed E-state index contributed by atoms with van der Waals surface area (Å²) in [5, 5.41) is 10.8. The Bertz CT molecular complexity index is 3580. The van der Waals surface area contributed by atoms with E-state index in [0.29, 0.717) is 5.82 Å². The highest BCUT2D eigenvalue weighted by Gasteiger charge is 2.17. The molecule has 3 aromatic heterocycles. The minimum absolute atomic E-state index is 0.667. The molecule has 0 amide bonds. The summed E-state index contributed by atoms with van der Waals surface area (Å²) in [5.74, 6) is 0.667. The molecule has 0 aliphatic heterocycles. The SMILES string of the molecule is c1ccc(-c2nc(-c3cc(-c4ccc5c6ccccc6c6ccccc6c5c4)cc(-c4cccc5ncccc45)c3)cc(-c3ccc4oc5ccccc5c4c3)n2)cc1. The van der Waals surface area contributed by atoms with Gasteiger partial charge in [0.15, 0.2) is 5.82 Å². The van der Waals surface area contributed by atoms with Gasteiger partial charge in [-0.15, -0.1) is 0 Å². The first-order valence-corrected chi connectivity index (χ1v) is 19.9. The first-order chi connectivity index (χ1) is 29.2. The number of nitrogens with zero attached hydrogens (tertiary/aromatic N) is 3. The summed E-state index contributed by atoms with van der Waals surface area (Å²) in [4.78, 5) is 15.2. The Hall–Kier alpha value is -7.95. The average Bonchev–Trinajstić information content (AvgIpc) is 3.69. The zero-order valence-electron chi connectivity index (χ0n) is 31.8. The summed E-state index contributed by atoms with van der Waals surface area (Å²) < 4.78 is 6.20. The number of furan rings is 1. The molecule has 0 fully saturated rings. The topological polar surface area (TPSA) is 51.8 Å². The highest BCUT2D eigenvalue weighted by atomic mass is 16.3. The highest BCUT2D eigenvalue weighted by Crippen LogP contribution is 2.41. The lowest BCUT2D eigenvalue weighted by Gasteiger charge is -2.15. The van der Waals surface area contributed by atoms with Crippen LogP contribution in [0.3, 0.4) is 0 Å². The molecule has 9 aromatic carbocycles. The van der Waals surface area contributed by atoms with Crippen molar-refractivity contribution in [1.29, 1.82) is 0 Å². The first kappa shape index (κ1) is 33.2. The number of fused-ring (bicyclic) bond motifs is 10. The molecule has 59 heavy (non-hydrogen) atoms. The van der Waals surface area contributed by atoms with E-state index in [1.54, 1.807) is 0 Å². The summed E-state index contributed by atoms with van der Waals surface area (Å²) in [6.07, 6.45) is 1.86. The molecular weight excluding hydrogens is 719 g/mol. The molecule has 0 aliphatic rings. The van der Waals surface area contributed by atoms with Crippen LogP contribution in [0.5, 0.6) is 0 Å². The number of pyridine rings is 1. The van der Waals surface area contributed by atoms with Gasteiger partial charge in [0.25, 0.3) is 0 Å². The maximum absolute atomic E-state index is 6.20. The Morgan fingerprint density at radius 2 is 0.898 bits per heavy atom. The summed E-state index contributed by atoms with van der Waals surface area (Å²) >= 11 is 0. The predicted octanol–water partition coefficient (Wildman–Crippen LogP) is 14.7. The summed E-state index contributed by atoms with van der Waals surface area (Å²) in [6, 6.07) is 68.7. The molecule has 0 saturated heterocycles. The molecule has 12 rings (SSSR count). The zero-order chi connectivity index (χ0) is 38.9. The van der Waals surface area contributed by atoms with Gasteiger partial charge in [0.05, 0.1) is 16.9 Å². The fraction of sp³-hybridized carbons (Fsp3) is 0. The summed E-state index contributed by atoms with van der Waals surface area (Å²) in [6.45, 7) is 0. The maximum atomic E-state index is 6.20. The van der Waals surface area contributed by atoms with Gasteiger partial charge < -0.3 is 4.42 Å². The van der Waals surface area contributed by atoms with Crippen LogP contribution in [-0.4, -0.2) is 15.0 Å². The van der Waals surface area contributed by atoms with Crippen LogP contribution in [0.4, 0.5) is 0 Å². The van der Waals surface area contributed by atoms with Gasteiger partial charge in [-0.3, -0.25) is 4.98 Å². The van der Waals surface area contributed by atoms with E-state index < -0.39 is 0 Å². The van der Waals surface area contributed by atoms with Crippen molar-refractivity contribution in [3.8, 4) is 56.2 Å². The fourth-order valence-corrected chi connectivity index (χ4v) is 8.88. The van der Waals surface area contributed by atoms with E-state index in [0.717, 1.165) is 83.2 Å². The van der Waals surface area contributed by atoms with E-state index >= 15 is 0 Å². The Kier molecular flexibility index (Phi) is 7.50. The standard InChI is InChI=1S/C55H33N3O/c1-2-12-34(13-3-1)55-57-51(36-24-26-54-49(32-36)47-18-8-9-22-53(47)59-54)33-52(58-55)39-29-37(28-38(30-39)40-19-10-21-50-46(40)20-11-27-56-50)35-23-25-45-43-16-5-4-14-41(43)42-15-6-7-17-44(42)48(45)31-35/h1-33H. The Morgan fingerprint density at radius 3 is 1.69 bits per heavy atom.